The molecule has 6 nitrogen and oxygen atoms in total. The Bertz CT molecular complexity index is 318. The van der Waals surface area contributed by atoms with Gasteiger partial charge in [-0.2, -0.15) is 0 Å². The summed E-state index contributed by atoms with van der Waals surface area (Å²) >= 11 is 0. The smallest absolute Gasteiger partial charge is 0.260 e. The van der Waals surface area contributed by atoms with Crippen LogP contribution in [0.2, 0.25) is 0 Å². The SMILES string of the molecule is CC(C)(C)ON(N=C=O)[C@H]1CCCCNC1=O. The molecule has 1 atom stereocenters. The molecule has 0 spiro atoms. The molecule has 0 aromatic heterocycles. The van der Waals surface area contributed by atoms with Gasteiger partial charge in [-0.15, -0.1) is 5.17 Å². The molecule has 1 N–H and O–H groups in total. The maximum absolute atomic E-state index is 11.8. The van der Waals surface area contributed by atoms with Crippen LogP contribution in [0, 0.1) is 0 Å². The normalized spacial score (nSPS) is 21.1. The van der Waals surface area contributed by atoms with Crippen LogP contribution in [0.15, 0.2) is 5.10 Å². The first-order chi connectivity index (χ1) is 7.94. The van der Waals surface area contributed by atoms with Gasteiger partial charge in [-0.3, -0.25) is 4.79 Å². The van der Waals surface area contributed by atoms with Crippen molar-refractivity contribution in [3.8, 4) is 0 Å². The standard InChI is InChI=1S/C11H19N3O3/c1-11(2,3)17-14(13-8-15)9-6-4-5-7-12-10(9)16/h9H,4-7H2,1-3H3,(H,12,16)/t9-/m0/s1. The molecule has 0 radical (unpaired) electrons. The topological polar surface area (TPSA) is 71.0 Å². The van der Waals surface area contributed by atoms with E-state index in [1.165, 1.54) is 6.08 Å². The van der Waals surface area contributed by atoms with Crippen LogP contribution in [-0.4, -0.2) is 35.3 Å². The Morgan fingerprint density at radius 1 is 1.47 bits per heavy atom. The molecule has 1 aliphatic heterocycles. The lowest BCUT2D eigenvalue weighted by atomic mass is 10.1. The van der Waals surface area contributed by atoms with E-state index in [4.69, 9.17) is 4.84 Å². The molecule has 6 heteroatoms. The number of hydrazone groups is 1. The van der Waals surface area contributed by atoms with Crippen LogP contribution >= 0.6 is 0 Å². The van der Waals surface area contributed by atoms with Crippen molar-refractivity contribution in [2.45, 2.75) is 51.7 Å². The average molecular weight is 241 g/mol. The van der Waals surface area contributed by atoms with E-state index in [1.54, 1.807) is 0 Å². The zero-order valence-electron chi connectivity index (χ0n) is 10.5. The van der Waals surface area contributed by atoms with Crippen molar-refractivity contribution in [3.63, 3.8) is 0 Å². The number of isocyanates is 1. The number of rotatable bonds is 3. The lowest BCUT2D eigenvalue weighted by molar-refractivity contribution is -0.247. The number of hydroxylamine groups is 1. The van der Waals surface area contributed by atoms with E-state index < -0.39 is 11.6 Å². The Kier molecular flexibility index (Phi) is 4.66. The van der Waals surface area contributed by atoms with E-state index in [0.717, 1.165) is 18.0 Å². The van der Waals surface area contributed by atoms with E-state index in [-0.39, 0.29) is 5.91 Å². The van der Waals surface area contributed by atoms with Gasteiger partial charge >= 0.3 is 0 Å². The Hall–Kier alpha value is -1.39. The highest BCUT2D eigenvalue weighted by atomic mass is 16.7. The van der Waals surface area contributed by atoms with Gasteiger partial charge in [0.15, 0.2) is 6.04 Å². The van der Waals surface area contributed by atoms with Gasteiger partial charge < -0.3 is 5.32 Å². The van der Waals surface area contributed by atoms with Gasteiger partial charge in [-0.25, -0.2) is 9.63 Å². The van der Waals surface area contributed by atoms with Crippen molar-refractivity contribution in [2.24, 2.45) is 5.10 Å². The van der Waals surface area contributed by atoms with Crippen LogP contribution < -0.4 is 5.32 Å². The molecule has 1 aliphatic rings. The predicted molar refractivity (Wildman–Crippen MR) is 61.4 cm³/mol. The third kappa shape index (κ3) is 4.54. The van der Waals surface area contributed by atoms with E-state index >= 15 is 0 Å². The summed E-state index contributed by atoms with van der Waals surface area (Å²) in [4.78, 5) is 27.7. The molecule has 0 bridgehead atoms. The van der Waals surface area contributed by atoms with Gasteiger partial charge in [0.1, 0.15) is 0 Å². The molecule has 1 fully saturated rings. The molecule has 0 unspecified atom stereocenters. The Morgan fingerprint density at radius 2 is 2.18 bits per heavy atom. The highest BCUT2D eigenvalue weighted by Crippen LogP contribution is 2.18. The summed E-state index contributed by atoms with van der Waals surface area (Å²) in [5, 5.41) is 7.32. The monoisotopic (exact) mass is 241 g/mol. The van der Waals surface area contributed by atoms with Gasteiger partial charge in [0.05, 0.1) is 5.60 Å². The molecule has 0 aromatic rings. The molecule has 1 saturated heterocycles. The molecular weight excluding hydrogens is 222 g/mol. The zero-order chi connectivity index (χ0) is 12.9. The van der Waals surface area contributed by atoms with E-state index in [0.29, 0.717) is 13.0 Å². The van der Waals surface area contributed by atoms with Crippen LogP contribution in [0.3, 0.4) is 0 Å². The summed E-state index contributed by atoms with van der Waals surface area (Å²) in [5.41, 5.74) is -0.521. The molecular formula is C11H19N3O3. The number of carbonyl (C=O) groups is 1. The highest BCUT2D eigenvalue weighted by Gasteiger charge is 2.30. The van der Waals surface area contributed by atoms with Crippen molar-refractivity contribution >= 4 is 12.0 Å². The Morgan fingerprint density at radius 3 is 2.76 bits per heavy atom. The van der Waals surface area contributed by atoms with Crippen molar-refractivity contribution in [3.05, 3.63) is 0 Å². The number of hydrogen-bond acceptors (Lipinski definition) is 5. The number of carbonyl (C=O) groups excluding carboxylic acids is 2. The molecule has 1 amide bonds. The molecule has 96 valence electrons. The van der Waals surface area contributed by atoms with Crippen LogP contribution in [0.5, 0.6) is 0 Å². The molecule has 1 rings (SSSR count). The fourth-order valence-corrected chi connectivity index (χ4v) is 1.61. The quantitative estimate of drug-likeness (QED) is 0.453. The summed E-state index contributed by atoms with van der Waals surface area (Å²) in [6.07, 6.45) is 3.86. The molecule has 0 saturated carbocycles. The van der Waals surface area contributed by atoms with Crippen LogP contribution in [0.4, 0.5) is 0 Å². The predicted octanol–water partition coefficient (Wildman–Crippen LogP) is 0.938. The second-order valence-electron chi connectivity index (χ2n) is 5.00. The van der Waals surface area contributed by atoms with Gasteiger partial charge in [-0.05, 0) is 40.0 Å². The zero-order valence-corrected chi connectivity index (χ0v) is 10.5. The minimum Gasteiger partial charge on any atom is -0.354 e. The Labute approximate surface area is 101 Å². The number of nitrogens with zero attached hydrogens (tertiary/aromatic N) is 2. The summed E-state index contributed by atoms with van der Waals surface area (Å²) < 4.78 is 0. The van der Waals surface area contributed by atoms with Gasteiger partial charge in [-0.1, -0.05) is 5.10 Å². The van der Waals surface area contributed by atoms with Crippen LogP contribution in [-0.2, 0) is 14.4 Å². The fraction of sp³-hybridized carbons (Fsp3) is 0.818. The summed E-state index contributed by atoms with van der Waals surface area (Å²) in [5.74, 6) is -0.161. The summed E-state index contributed by atoms with van der Waals surface area (Å²) in [6, 6.07) is -0.557. The third-order valence-corrected chi connectivity index (χ3v) is 2.28. The van der Waals surface area contributed by atoms with E-state index in [9.17, 15) is 9.59 Å². The molecule has 0 aliphatic carbocycles. The van der Waals surface area contributed by atoms with Gasteiger partial charge in [0.25, 0.3) is 6.08 Å². The van der Waals surface area contributed by atoms with Crippen molar-refractivity contribution in [2.75, 3.05) is 6.54 Å². The summed E-state index contributed by atoms with van der Waals surface area (Å²) in [6.45, 7) is 6.14. The fourth-order valence-electron chi connectivity index (χ4n) is 1.61. The lowest BCUT2D eigenvalue weighted by Gasteiger charge is -2.30. The van der Waals surface area contributed by atoms with Crippen molar-refractivity contribution in [1.29, 1.82) is 0 Å². The first-order valence-corrected chi connectivity index (χ1v) is 5.78. The van der Waals surface area contributed by atoms with Crippen LogP contribution in [0.1, 0.15) is 40.0 Å². The van der Waals surface area contributed by atoms with Crippen LogP contribution in [0.25, 0.3) is 0 Å². The minimum atomic E-state index is -0.557. The molecule has 1 heterocycles. The summed E-state index contributed by atoms with van der Waals surface area (Å²) in [7, 11) is 0. The van der Waals surface area contributed by atoms with Crippen molar-refractivity contribution < 1.29 is 14.4 Å². The number of nitrogens with one attached hydrogen (secondary N) is 1. The molecule has 0 aromatic carbocycles. The Balaban J connectivity index is 2.80. The number of amides is 1. The number of hydrogen-bond donors (Lipinski definition) is 1. The maximum atomic E-state index is 11.8. The van der Waals surface area contributed by atoms with Gasteiger partial charge in [0.2, 0.25) is 5.91 Å². The average Bonchev–Trinajstić information content (AvgIpc) is 2.40. The maximum Gasteiger partial charge on any atom is 0.260 e. The lowest BCUT2D eigenvalue weighted by Crippen LogP contribution is -2.46. The highest BCUT2D eigenvalue weighted by molar-refractivity contribution is 5.81. The largest absolute Gasteiger partial charge is 0.354 e. The van der Waals surface area contributed by atoms with E-state index in [2.05, 4.69) is 10.4 Å². The first kappa shape index (κ1) is 13.7. The van der Waals surface area contributed by atoms with Crippen molar-refractivity contribution in [1.82, 2.24) is 10.5 Å². The third-order valence-electron chi connectivity index (χ3n) is 2.28. The van der Waals surface area contributed by atoms with Gasteiger partial charge in [0, 0.05) is 6.54 Å². The minimum absolute atomic E-state index is 0.161. The first-order valence-electron chi connectivity index (χ1n) is 5.78. The van der Waals surface area contributed by atoms with E-state index in [1.807, 2.05) is 20.8 Å². The second-order valence-corrected chi connectivity index (χ2v) is 5.00. The molecule has 17 heavy (non-hydrogen) atoms. The second kappa shape index (κ2) is 5.80.